The van der Waals surface area contributed by atoms with E-state index in [0.717, 1.165) is 32.1 Å². The molecule has 3 N–H and O–H groups in total. The van der Waals surface area contributed by atoms with Crippen LogP contribution in [-0.4, -0.2) is 44.3 Å². The summed E-state index contributed by atoms with van der Waals surface area (Å²) in [4.78, 5) is 26.5. The van der Waals surface area contributed by atoms with Gasteiger partial charge in [-0.1, -0.05) is 6.92 Å². The number of hydrogen-bond donors (Lipinski definition) is 3. The predicted octanol–water partition coefficient (Wildman–Crippen LogP) is 1.61. The van der Waals surface area contributed by atoms with Gasteiger partial charge in [0.2, 0.25) is 21.8 Å². The van der Waals surface area contributed by atoms with Crippen molar-refractivity contribution in [3.63, 3.8) is 0 Å². The summed E-state index contributed by atoms with van der Waals surface area (Å²) in [6.45, 7) is 3.12. The van der Waals surface area contributed by atoms with Crippen LogP contribution in [0.3, 0.4) is 0 Å². The quantitative estimate of drug-likeness (QED) is 0.567. The van der Waals surface area contributed by atoms with Crippen LogP contribution in [0.15, 0.2) is 29.2 Å². The standard InChI is InChI=1S/C19H28N4O4S/c1-2-4-18(24)23-12-3-5-14(13-23)19(25)21-20-15-8-10-17(11-9-15)28(26,27)22-16-6-7-16/h8-11,14,16,20,22H,2-7,12-13H2,1H3,(H,21,25). The van der Waals surface area contributed by atoms with E-state index in [2.05, 4.69) is 15.6 Å². The number of nitrogens with zero attached hydrogens (tertiary/aromatic N) is 1. The first kappa shape index (κ1) is 20.6. The summed E-state index contributed by atoms with van der Waals surface area (Å²) in [5, 5.41) is 0. The summed E-state index contributed by atoms with van der Waals surface area (Å²) in [6.07, 6.45) is 4.63. The molecule has 1 aromatic carbocycles. The molecule has 2 aliphatic rings. The molecule has 8 nitrogen and oxygen atoms in total. The van der Waals surface area contributed by atoms with Gasteiger partial charge in [0.05, 0.1) is 16.5 Å². The van der Waals surface area contributed by atoms with Crippen LogP contribution in [-0.2, 0) is 19.6 Å². The van der Waals surface area contributed by atoms with Gasteiger partial charge in [0.15, 0.2) is 0 Å². The van der Waals surface area contributed by atoms with Crippen molar-refractivity contribution in [3.8, 4) is 0 Å². The fraction of sp³-hybridized carbons (Fsp3) is 0.579. The van der Waals surface area contributed by atoms with Crippen LogP contribution in [0.2, 0.25) is 0 Å². The number of hydrogen-bond acceptors (Lipinski definition) is 5. The van der Waals surface area contributed by atoms with E-state index < -0.39 is 10.0 Å². The zero-order valence-electron chi connectivity index (χ0n) is 16.1. The molecule has 0 bridgehead atoms. The van der Waals surface area contributed by atoms with E-state index in [-0.39, 0.29) is 28.7 Å². The van der Waals surface area contributed by atoms with E-state index in [9.17, 15) is 18.0 Å². The fourth-order valence-corrected chi connectivity index (χ4v) is 4.54. The van der Waals surface area contributed by atoms with Crippen molar-refractivity contribution in [3.05, 3.63) is 24.3 Å². The van der Waals surface area contributed by atoms with Gasteiger partial charge in [-0.15, -0.1) is 0 Å². The highest BCUT2D eigenvalue weighted by Gasteiger charge is 2.29. The molecule has 1 saturated carbocycles. The fourth-order valence-electron chi connectivity index (χ4n) is 3.23. The number of hydrazine groups is 1. The number of piperidine rings is 1. The van der Waals surface area contributed by atoms with Crippen LogP contribution in [0.4, 0.5) is 5.69 Å². The second-order valence-corrected chi connectivity index (χ2v) is 9.18. The molecule has 9 heteroatoms. The van der Waals surface area contributed by atoms with Crippen molar-refractivity contribution in [1.29, 1.82) is 0 Å². The largest absolute Gasteiger partial charge is 0.342 e. The molecule has 1 unspecified atom stereocenters. The lowest BCUT2D eigenvalue weighted by Crippen LogP contribution is -2.46. The Morgan fingerprint density at radius 3 is 2.50 bits per heavy atom. The van der Waals surface area contributed by atoms with Gasteiger partial charge < -0.3 is 4.90 Å². The highest BCUT2D eigenvalue weighted by Crippen LogP contribution is 2.23. The second kappa shape index (κ2) is 8.91. The number of nitrogens with one attached hydrogen (secondary N) is 3. The van der Waals surface area contributed by atoms with E-state index >= 15 is 0 Å². The number of anilines is 1. The molecule has 1 saturated heterocycles. The molecule has 3 rings (SSSR count). The SMILES string of the molecule is CCCC(=O)N1CCCC(C(=O)NNc2ccc(S(=O)(=O)NC3CC3)cc2)C1. The third-order valence-corrected chi connectivity index (χ3v) is 6.54. The number of likely N-dealkylation sites (tertiary alicyclic amines) is 1. The summed E-state index contributed by atoms with van der Waals surface area (Å²) >= 11 is 0. The molecule has 1 aliphatic carbocycles. The molecule has 154 valence electrons. The first-order valence-corrected chi connectivity index (χ1v) is 11.3. The van der Waals surface area contributed by atoms with Gasteiger partial charge in [-0.25, -0.2) is 13.1 Å². The Morgan fingerprint density at radius 1 is 1.14 bits per heavy atom. The van der Waals surface area contributed by atoms with E-state index in [1.807, 2.05) is 6.92 Å². The minimum atomic E-state index is -3.48. The first-order chi connectivity index (χ1) is 13.4. The summed E-state index contributed by atoms with van der Waals surface area (Å²) in [7, 11) is -3.48. The van der Waals surface area contributed by atoms with Gasteiger partial charge >= 0.3 is 0 Å². The zero-order chi connectivity index (χ0) is 20.1. The molecule has 0 spiro atoms. The third kappa shape index (κ3) is 5.45. The minimum absolute atomic E-state index is 0.0568. The summed E-state index contributed by atoms with van der Waals surface area (Å²) in [5.41, 5.74) is 6.08. The number of benzene rings is 1. The Morgan fingerprint density at radius 2 is 1.86 bits per heavy atom. The monoisotopic (exact) mass is 408 g/mol. The van der Waals surface area contributed by atoms with Crippen molar-refractivity contribution >= 4 is 27.5 Å². The maximum Gasteiger partial charge on any atom is 0.243 e. The van der Waals surface area contributed by atoms with Gasteiger partial charge in [0.25, 0.3) is 0 Å². The Balaban J connectivity index is 1.50. The summed E-state index contributed by atoms with van der Waals surface area (Å²) < 4.78 is 27.0. The average molecular weight is 409 g/mol. The summed E-state index contributed by atoms with van der Waals surface area (Å²) in [6, 6.07) is 6.29. The first-order valence-electron chi connectivity index (χ1n) is 9.85. The van der Waals surface area contributed by atoms with E-state index in [0.29, 0.717) is 25.2 Å². The molecule has 1 aliphatic heterocycles. The second-order valence-electron chi connectivity index (χ2n) is 7.46. The highest BCUT2D eigenvalue weighted by molar-refractivity contribution is 7.89. The molecule has 28 heavy (non-hydrogen) atoms. The van der Waals surface area contributed by atoms with Crippen molar-refractivity contribution in [2.75, 3.05) is 18.5 Å². The molecule has 0 radical (unpaired) electrons. The topological polar surface area (TPSA) is 108 Å². The van der Waals surface area contributed by atoms with Gasteiger partial charge in [0, 0.05) is 25.6 Å². The Hall–Kier alpha value is -2.13. The van der Waals surface area contributed by atoms with Crippen LogP contribution in [0, 0.1) is 5.92 Å². The number of carbonyl (C=O) groups is 2. The van der Waals surface area contributed by atoms with E-state index in [1.165, 1.54) is 12.1 Å². The summed E-state index contributed by atoms with van der Waals surface area (Å²) in [5.74, 6) is -0.310. The lowest BCUT2D eigenvalue weighted by atomic mass is 9.97. The molecule has 1 aromatic rings. The van der Waals surface area contributed by atoms with Crippen molar-refractivity contribution in [1.82, 2.24) is 15.0 Å². The molecular weight excluding hydrogens is 380 g/mol. The van der Waals surface area contributed by atoms with E-state index in [1.54, 1.807) is 17.0 Å². The molecule has 2 amide bonds. The molecule has 2 fully saturated rings. The Labute approximate surface area is 166 Å². The van der Waals surface area contributed by atoms with Crippen molar-refractivity contribution in [2.45, 2.75) is 56.4 Å². The predicted molar refractivity (Wildman–Crippen MR) is 106 cm³/mol. The maximum atomic E-state index is 12.4. The Kier molecular flexibility index (Phi) is 6.56. The highest BCUT2D eigenvalue weighted by atomic mass is 32.2. The number of rotatable bonds is 8. The maximum absolute atomic E-state index is 12.4. The smallest absolute Gasteiger partial charge is 0.243 e. The van der Waals surface area contributed by atoms with E-state index in [4.69, 9.17) is 0 Å². The number of carbonyl (C=O) groups excluding carboxylic acids is 2. The number of amides is 2. The lowest BCUT2D eigenvalue weighted by Gasteiger charge is -2.32. The average Bonchev–Trinajstić information content (AvgIpc) is 3.50. The normalized spacial score (nSPS) is 19.9. The van der Waals surface area contributed by atoms with Gasteiger partial charge in [-0.2, -0.15) is 0 Å². The van der Waals surface area contributed by atoms with Crippen molar-refractivity contribution < 1.29 is 18.0 Å². The Bertz CT molecular complexity index is 806. The van der Waals surface area contributed by atoms with Crippen LogP contribution in [0.25, 0.3) is 0 Å². The van der Waals surface area contributed by atoms with Crippen LogP contribution in [0.1, 0.15) is 45.4 Å². The molecule has 1 heterocycles. The lowest BCUT2D eigenvalue weighted by molar-refractivity contribution is -0.135. The molecule has 0 aromatic heterocycles. The number of sulfonamides is 1. The van der Waals surface area contributed by atoms with Gasteiger partial charge in [-0.05, 0) is 56.4 Å². The van der Waals surface area contributed by atoms with Crippen LogP contribution < -0.4 is 15.6 Å². The van der Waals surface area contributed by atoms with Crippen LogP contribution in [0.5, 0.6) is 0 Å². The van der Waals surface area contributed by atoms with Crippen molar-refractivity contribution in [2.24, 2.45) is 5.92 Å². The zero-order valence-corrected chi connectivity index (χ0v) is 16.9. The van der Waals surface area contributed by atoms with Gasteiger partial charge in [0.1, 0.15) is 0 Å². The third-order valence-electron chi connectivity index (χ3n) is 5.00. The molecular formula is C19H28N4O4S. The molecule has 1 atom stereocenters. The van der Waals surface area contributed by atoms with Crippen LogP contribution >= 0.6 is 0 Å². The van der Waals surface area contributed by atoms with Gasteiger partial charge in [-0.3, -0.25) is 20.4 Å². The minimum Gasteiger partial charge on any atom is -0.342 e.